The number of rotatable bonds is 7. The van der Waals surface area contributed by atoms with Gasteiger partial charge in [0.15, 0.2) is 18.1 Å². The molecule has 0 saturated heterocycles. The van der Waals surface area contributed by atoms with Crippen LogP contribution in [0.3, 0.4) is 0 Å². The summed E-state index contributed by atoms with van der Waals surface area (Å²) in [7, 11) is 1.53. The van der Waals surface area contributed by atoms with Crippen LogP contribution in [0.4, 0.5) is 11.4 Å². The molecule has 0 heterocycles. The van der Waals surface area contributed by atoms with Crippen molar-refractivity contribution in [3.8, 4) is 11.5 Å². The second-order valence-corrected chi connectivity index (χ2v) is 6.41. The van der Waals surface area contributed by atoms with Gasteiger partial charge in [-0.3, -0.25) is 9.59 Å². The van der Waals surface area contributed by atoms with Crippen LogP contribution >= 0.6 is 11.6 Å². The molecular weight excluding hydrogens is 392 g/mol. The molecule has 2 amide bonds. The average molecular weight is 411 g/mol. The molecule has 3 aromatic carbocycles. The number of amides is 2. The minimum Gasteiger partial charge on any atom is -0.493 e. The second kappa shape index (κ2) is 9.61. The van der Waals surface area contributed by atoms with E-state index in [2.05, 4.69) is 10.6 Å². The number of carbonyl (C=O) groups excluding carboxylic acids is 2. The molecule has 0 atom stereocenters. The van der Waals surface area contributed by atoms with Crippen molar-refractivity contribution in [3.63, 3.8) is 0 Å². The largest absolute Gasteiger partial charge is 0.493 e. The highest BCUT2D eigenvalue weighted by atomic mass is 35.5. The first kappa shape index (κ1) is 20.2. The summed E-state index contributed by atoms with van der Waals surface area (Å²) in [4.78, 5) is 24.6. The quantitative estimate of drug-likeness (QED) is 0.596. The molecule has 6 nitrogen and oxygen atoms in total. The van der Waals surface area contributed by atoms with E-state index in [1.54, 1.807) is 66.7 Å². The van der Waals surface area contributed by atoms with Gasteiger partial charge >= 0.3 is 0 Å². The minimum absolute atomic E-state index is 0.184. The fraction of sp³-hybridized carbons (Fsp3) is 0.0909. The third-order valence-electron chi connectivity index (χ3n) is 3.95. The van der Waals surface area contributed by atoms with Crippen LogP contribution < -0.4 is 20.1 Å². The number of nitrogens with one attached hydrogen (secondary N) is 2. The highest BCUT2D eigenvalue weighted by Crippen LogP contribution is 2.25. The van der Waals surface area contributed by atoms with Crippen molar-refractivity contribution in [3.05, 3.63) is 83.4 Å². The summed E-state index contributed by atoms with van der Waals surface area (Å²) in [6.07, 6.45) is 0. The lowest BCUT2D eigenvalue weighted by Gasteiger charge is -2.11. The molecule has 3 aromatic rings. The van der Waals surface area contributed by atoms with Gasteiger partial charge in [0, 0.05) is 11.4 Å². The third-order valence-corrected chi connectivity index (χ3v) is 4.28. The Hall–Kier alpha value is -3.51. The number of para-hydroxylation sites is 2. The van der Waals surface area contributed by atoms with Gasteiger partial charge in [-0.2, -0.15) is 0 Å². The minimum atomic E-state index is -0.342. The molecule has 29 heavy (non-hydrogen) atoms. The topological polar surface area (TPSA) is 76.7 Å². The maximum absolute atomic E-state index is 12.4. The lowest BCUT2D eigenvalue weighted by Crippen LogP contribution is -2.20. The molecule has 148 valence electrons. The van der Waals surface area contributed by atoms with Crippen LogP contribution in [0, 0.1) is 0 Å². The zero-order valence-electron chi connectivity index (χ0n) is 15.6. The van der Waals surface area contributed by atoms with Crippen molar-refractivity contribution in [1.82, 2.24) is 0 Å². The molecule has 0 aliphatic carbocycles. The molecular formula is C22H19ClN2O4. The highest BCUT2D eigenvalue weighted by molar-refractivity contribution is 6.34. The fourth-order valence-corrected chi connectivity index (χ4v) is 2.82. The fourth-order valence-electron chi connectivity index (χ4n) is 2.60. The predicted octanol–water partition coefficient (Wildman–Crippen LogP) is 4.62. The molecule has 0 saturated carbocycles. The molecule has 7 heteroatoms. The Morgan fingerprint density at radius 3 is 2.24 bits per heavy atom. The first-order chi connectivity index (χ1) is 14.1. The Balaban J connectivity index is 1.60. The van der Waals surface area contributed by atoms with E-state index in [0.29, 0.717) is 33.5 Å². The summed E-state index contributed by atoms with van der Waals surface area (Å²) in [5.74, 6) is 0.347. The Morgan fingerprint density at radius 1 is 0.862 bits per heavy atom. The molecule has 0 unspecified atom stereocenters. The molecule has 0 spiro atoms. The standard InChI is InChI=1S/C22H19ClN2O4/c1-28-19-11-4-5-12-20(19)29-14-21(26)24-15-7-6-8-16(13-15)25-22(27)17-9-2-3-10-18(17)23/h2-13H,14H2,1H3,(H,24,26)(H,25,27). The number of hydrogen-bond donors (Lipinski definition) is 2. The van der Waals surface area contributed by atoms with Crippen LogP contribution in [0.15, 0.2) is 72.8 Å². The van der Waals surface area contributed by atoms with E-state index in [1.165, 1.54) is 7.11 Å². The number of hydrogen-bond acceptors (Lipinski definition) is 4. The first-order valence-electron chi connectivity index (χ1n) is 8.78. The molecule has 0 bridgehead atoms. The lowest BCUT2D eigenvalue weighted by molar-refractivity contribution is -0.118. The van der Waals surface area contributed by atoms with Gasteiger partial charge in [-0.05, 0) is 42.5 Å². The molecule has 0 radical (unpaired) electrons. The highest BCUT2D eigenvalue weighted by Gasteiger charge is 2.11. The van der Waals surface area contributed by atoms with Gasteiger partial charge in [0.1, 0.15) is 0 Å². The lowest BCUT2D eigenvalue weighted by atomic mass is 10.2. The van der Waals surface area contributed by atoms with Gasteiger partial charge in [-0.15, -0.1) is 0 Å². The van der Waals surface area contributed by atoms with Gasteiger partial charge in [0.2, 0.25) is 0 Å². The van der Waals surface area contributed by atoms with Gasteiger partial charge in [-0.1, -0.05) is 41.9 Å². The Bertz CT molecular complexity index is 1020. The number of benzene rings is 3. The van der Waals surface area contributed by atoms with Crippen LogP contribution in [0.5, 0.6) is 11.5 Å². The summed E-state index contributed by atoms with van der Waals surface area (Å²) in [6.45, 7) is -0.184. The van der Waals surface area contributed by atoms with Gasteiger partial charge in [0.25, 0.3) is 11.8 Å². The van der Waals surface area contributed by atoms with Crippen molar-refractivity contribution in [2.45, 2.75) is 0 Å². The average Bonchev–Trinajstić information content (AvgIpc) is 2.73. The Labute approximate surface area is 173 Å². The summed E-state index contributed by atoms with van der Waals surface area (Å²) >= 11 is 6.05. The van der Waals surface area contributed by atoms with E-state index >= 15 is 0 Å². The normalized spacial score (nSPS) is 10.1. The third kappa shape index (κ3) is 5.49. The van der Waals surface area contributed by atoms with E-state index in [1.807, 2.05) is 6.07 Å². The van der Waals surface area contributed by atoms with Gasteiger partial charge in [0.05, 0.1) is 17.7 Å². The van der Waals surface area contributed by atoms with Gasteiger partial charge < -0.3 is 20.1 Å². The summed E-state index contributed by atoms with van der Waals surface area (Å²) in [5, 5.41) is 5.86. The number of carbonyl (C=O) groups is 2. The van der Waals surface area contributed by atoms with Crippen molar-refractivity contribution in [2.24, 2.45) is 0 Å². The zero-order valence-corrected chi connectivity index (χ0v) is 16.4. The van der Waals surface area contributed by atoms with Crippen molar-refractivity contribution in [1.29, 1.82) is 0 Å². The summed E-state index contributed by atoms with van der Waals surface area (Å²) < 4.78 is 10.7. The van der Waals surface area contributed by atoms with Crippen molar-refractivity contribution >= 4 is 34.8 Å². The summed E-state index contributed by atoms with van der Waals surface area (Å²) in [6, 6.07) is 20.6. The van der Waals surface area contributed by atoms with Crippen LogP contribution in [-0.2, 0) is 4.79 Å². The molecule has 0 aliphatic heterocycles. The van der Waals surface area contributed by atoms with E-state index in [9.17, 15) is 9.59 Å². The molecule has 3 rings (SSSR count). The van der Waals surface area contributed by atoms with E-state index < -0.39 is 0 Å². The smallest absolute Gasteiger partial charge is 0.262 e. The second-order valence-electron chi connectivity index (χ2n) is 6.00. The number of anilines is 2. The van der Waals surface area contributed by atoms with Crippen molar-refractivity contribution < 1.29 is 19.1 Å². The molecule has 2 N–H and O–H groups in total. The zero-order chi connectivity index (χ0) is 20.6. The monoisotopic (exact) mass is 410 g/mol. The number of ether oxygens (including phenoxy) is 2. The maximum Gasteiger partial charge on any atom is 0.262 e. The van der Waals surface area contributed by atoms with Gasteiger partial charge in [-0.25, -0.2) is 0 Å². The van der Waals surface area contributed by atoms with E-state index in [0.717, 1.165) is 0 Å². The SMILES string of the molecule is COc1ccccc1OCC(=O)Nc1cccc(NC(=O)c2ccccc2Cl)c1. The van der Waals surface area contributed by atoms with Crippen LogP contribution in [-0.4, -0.2) is 25.5 Å². The summed E-state index contributed by atoms with van der Waals surface area (Å²) in [5.41, 5.74) is 1.42. The van der Waals surface area contributed by atoms with Crippen LogP contribution in [0.1, 0.15) is 10.4 Å². The van der Waals surface area contributed by atoms with E-state index in [4.69, 9.17) is 21.1 Å². The van der Waals surface area contributed by atoms with Crippen LogP contribution in [0.25, 0.3) is 0 Å². The maximum atomic E-state index is 12.4. The molecule has 0 fully saturated rings. The Morgan fingerprint density at radius 2 is 1.52 bits per heavy atom. The number of methoxy groups -OCH3 is 1. The molecule has 0 aromatic heterocycles. The van der Waals surface area contributed by atoms with E-state index in [-0.39, 0.29) is 18.4 Å². The predicted molar refractivity (Wildman–Crippen MR) is 113 cm³/mol. The first-order valence-corrected chi connectivity index (χ1v) is 9.16. The number of halogens is 1. The Kier molecular flexibility index (Phi) is 6.71. The van der Waals surface area contributed by atoms with Crippen molar-refractivity contribution in [2.75, 3.05) is 24.4 Å². The van der Waals surface area contributed by atoms with Crippen LogP contribution in [0.2, 0.25) is 5.02 Å². The molecule has 0 aliphatic rings.